The van der Waals surface area contributed by atoms with Crippen molar-refractivity contribution < 1.29 is 9.18 Å². The highest BCUT2D eigenvalue weighted by molar-refractivity contribution is 5.94. The summed E-state index contributed by atoms with van der Waals surface area (Å²) in [7, 11) is 0. The Hall–Kier alpha value is -2.99. The summed E-state index contributed by atoms with van der Waals surface area (Å²) in [5.41, 5.74) is 8.24. The van der Waals surface area contributed by atoms with Crippen LogP contribution in [0.1, 0.15) is 27.9 Å². The van der Waals surface area contributed by atoms with Crippen LogP contribution in [0.25, 0.3) is 0 Å². The maximum absolute atomic E-state index is 13.5. The van der Waals surface area contributed by atoms with Crippen LogP contribution >= 0.6 is 0 Å². The van der Waals surface area contributed by atoms with E-state index in [-0.39, 0.29) is 11.7 Å². The summed E-state index contributed by atoms with van der Waals surface area (Å²) in [6.45, 7) is 1.65. The van der Waals surface area contributed by atoms with Crippen LogP contribution in [0.2, 0.25) is 0 Å². The van der Waals surface area contributed by atoms with Crippen LogP contribution in [0, 0.1) is 5.82 Å². The van der Waals surface area contributed by atoms with Crippen molar-refractivity contribution in [2.45, 2.75) is 18.5 Å². The van der Waals surface area contributed by atoms with Gasteiger partial charge in [-0.05, 0) is 41.8 Å². The first kappa shape index (κ1) is 17.4. The third-order valence-electron chi connectivity index (χ3n) is 5.11. The van der Waals surface area contributed by atoms with Gasteiger partial charge in [0.05, 0.1) is 11.9 Å². The van der Waals surface area contributed by atoms with Crippen LogP contribution in [0.3, 0.4) is 0 Å². The van der Waals surface area contributed by atoms with Crippen molar-refractivity contribution >= 4 is 5.91 Å². The van der Waals surface area contributed by atoms with Gasteiger partial charge in [0.1, 0.15) is 5.82 Å². The van der Waals surface area contributed by atoms with Crippen LogP contribution in [0.5, 0.6) is 0 Å². The molecule has 1 unspecified atom stereocenters. The molecule has 6 heteroatoms. The zero-order valence-electron chi connectivity index (χ0n) is 14.9. The van der Waals surface area contributed by atoms with E-state index < -0.39 is 5.54 Å². The Bertz CT molecular complexity index is 939. The minimum atomic E-state index is -0.709. The summed E-state index contributed by atoms with van der Waals surface area (Å²) in [5.74, 6) is -0.358. The molecule has 1 atom stereocenters. The van der Waals surface area contributed by atoms with Crippen molar-refractivity contribution in [2.75, 3.05) is 13.1 Å². The van der Waals surface area contributed by atoms with Crippen LogP contribution in [0.15, 0.2) is 67.3 Å². The standard InChI is InChI=1S/C21H21FN4O/c22-19-3-1-2-18(12-19)21(23)8-10-26(14-21)20(27)17-6-4-16(5-7-17)13-25-11-9-24-15-25/h1-7,9,11-12,15H,8,10,13-14,23H2. The lowest BCUT2D eigenvalue weighted by atomic mass is 9.90. The summed E-state index contributed by atoms with van der Waals surface area (Å²) in [5, 5.41) is 0. The van der Waals surface area contributed by atoms with Crippen LogP contribution in [-0.2, 0) is 12.1 Å². The number of carbonyl (C=O) groups is 1. The molecule has 3 aromatic rings. The van der Waals surface area contributed by atoms with Crippen LogP contribution in [0.4, 0.5) is 4.39 Å². The number of nitrogens with two attached hydrogens (primary N) is 1. The molecule has 0 aliphatic carbocycles. The summed E-state index contributed by atoms with van der Waals surface area (Å²) >= 11 is 0. The topological polar surface area (TPSA) is 64.2 Å². The maximum atomic E-state index is 13.5. The first-order valence-electron chi connectivity index (χ1n) is 8.92. The fourth-order valence-electron chi connectivity index (χ4n) is 3.57. The molecule has 2 aromatic carbocycles. The van der Waals surface area contributed by atoms with Gasteiger partial charge in [-0.3, -0.25) is 4.79 Å². The van der Waals surface area contributed by atoms with E-state index in [4.69, 9.17) is 5.73 Å². The number of rotatable bonds is 4. The fourth-order valence-corrected chi connectivity index (χ4v) is 3.57. The number of carbonyl (C=O) groups excluding carboxylic acids is 1. The predicted molar refractivity (Wildman–Crippen MR) is 101 cm³/mol. The molecule has 5 nitrogen and oxygen atoms in total. The number of benzene rings is 2. The Labute approximate surface area is 157 Å². The lowest BCUT2D eigenvalue weighted by molar-refractivity contribution is 0.0783. The molecule has 27 heavy (non-hydrogen) atoms. The number of likely N-dealkylation sites (tertiary alicyclic amines) is 1. The second kappa shape index (κ2) is 6.96. The Morgan fingerprint density at radius 1 is 1.22 bits per heavy atom. The predicted octanol–water partition coefficient (Wildman–Crippen LogP) is 2.77. The van der Waals surface area contributed by atoms with Crippen LogP contribution < -0.4 is 5.73 Å². The van der Waals surface area contributed by atoms with Gasteiger partial charge in [0.25, 0.3) is 5.91 Å². The highest BCUT2D eigenvalue weighted by atomic mass is 19.1. The molecule has 1 aliphatic rings. The SMILES string of the molecule is NC1(c2cccc(F)c2)CCN(C(=O)c2ccc(Cn3ccnc3)cc2)C1. The molecule has 1 aromatic heterocycles. The Kier molecular flexibility index (Phi) is 4.49. The molecule has 1 aliphatic heterocycles. The Balaban J connectivity index is 1.45. The van der Waals surface area contributed by atoms with E-state index in [9.17, 15) is 9.18 Å². The van der Waals surface area contributed by atoms with Gasteiger partial charge in [-0.1, -0.05) is 24.3 Å². The molecule has 1 saturated heterocycles. The molecule has 0 bridgehead atoms. The van der Waals surface area contributed by atoms with Crippen LogP contribution in [-0.4, -0.2) is 33.4 Å². The van der Waals surface area contributed by atoms with E-state index in [1.807, 2.05) is 41.1 Å². The van der Waals surface area contributed by atoms with E-state index in [0.717, 1.165) is 11.1 Å². The van der Waals surface area contributed by atoms with E-state index in [1.165, 1.54) is 12.1 Å². The Morgan fingerprint density at radius 2 is 2.04 bits per heavy atom. The van der Waals surface area contributed by atoms with Gasteiger partial charge >= 0.3 is 0 Å². The van der Waals surface area contributed by atoms with Gasteiger partial charge in [0.15, 0.2) is 0 Å². The number of imidazole rings is 1. The molecule has 0 spiro atoms. The number of aromatic nitrogens is 2. The zero-order chi connectivity index (χ0) is 18.9. The van der Waals surface area contributed by atoms with Crippen molar-refractivity contribution in [2.24, 2.45) is 5.73 Å². The molecule has 138 valence electrons. The second-order valence-electron chi connectivity index (χ2n) is 7.08. The van der Waals surface area contributed by atoms with Gasteiger partial charge in [0, 0.05) is 37.6 Å². The molecule has 1 amide bonds. The number of hydrogen-bond acceptors (Lipinski definition) is 3. The van der Waals surface area contributed by atoms with E-state index in [2.05, 4.69) is 4.98 Å². The first-order chi connectivity index (χ1) is 13.0. The van der Waals surface area contributed by atoms with Crippen molar-refractivity contribution in [1.82, 2.24) is 14.5 Å². The smallest absolute Gasteiger partial charge is 0.253 e. The molecular formula is C21H21FN4O. The molecule has 1 fully saturated rings. The molecule has 4 rings (SSSR count). The second-order valence-corrected chi connectivity index (χ2v) is 7.08. The zero-order valence-corrected chi connectivity index (χ0v) is 14.9. The first-order valence-corrected chi connectivity index (χ1v) is 8.92. The van der Waals surface area contributed by atoms with Crippen molar-refractivity contribution in [3.63, 3.8) is 0 Å². The maximum Gasteiger partial charge on any atom is 0.253 e. The van der Waals surface area contributed by atoms with Gasteiger partial charge in [-0.15, -0.1) is 0 Å². The summed E-state index contributed by atoms with van der Waals surface area (Å²) in [6.07, 6.45) is 6.01. The highest BCUT2D eigenvalue weighted by Gasteiger charge is 2.38. The number of halogens is 1. The molecule has 0 saturated carbocycles. The van der Waals surface area contributed by atoms with Gasteiger partial charge in [-0.2, -0.15) is 0 Å². The molecule has 2 heterocycles. The quantitative estimate of drug-likeness (QED) is 0.774. The number of nitrogens with zero attached hydrogens (tertiary/aromatic N) is 3. The van der Waals surface area contributed by atoms with Gasteiger partial charge < -0.3 is 15.2 Å². The van der Waals surface area contributed by atoms with Crippen molar-refractivity contribution in [1.29, 1.82) is 0 Å². The lowest BCUT2D eigenvalue weighted by Crippen LogP contribution is -2.41. The van der Waals surface area contributed by atoms with Crippen molar-refractivity contribution in [3.8, 4) is 0 Å². The minimum Gasteiger partial charge on any atom is -0.336 e. The number of hydrogen-bond donors (Lipinski definition) is 1. The average molecular weight is 364 g/mol. The largest absolute Gasteiger partial charge is 0.336 e. The van der Waals surface area contributed by atoms with E-state index in [0.29, 0.717) is 31.6 Å². The molecular weight excluding hydrogens is 343 g/mol. The Morgan fingerprint density at radius 3 is 2.74 bits per heavy atom. The summed E-state index contributed by atoms with van der Waals surface area (Å²) in [4.78, 5) is 18.6. The van der Waals surface area contributed by atoms with Crippen molar-refractivity contribution in [3.05, 3.63) is 89.8 Å². The average Bonchev–Trinajstić information content (AvgIpc) is 3.32. The summed E-state index contributed by atoms with van der Waals surface area (Å²) in [6, 6.07) is 13.9. The van der Waals surface area contributed by atoms with E-state index in [1.54, 1.807) is 23.5 Å². The monoisotopic (exact) mass is 364 g/mol. The van der Waals surface area contributed by atoms with E-state index >= 15 is 0 Å². The highest BCUT2D eigenvalue weighted by Crippen LogP contribution is 2.30. The van der Waals surface area contributed by atoms with Gasteiger partial charge in [0.2, 0.25) is 0 Å². The third-order valence-corrected chi connectivity index (χ3v) is 5.11. The third kappa shape index (κ3) is 3.61. The number of amides is 1. The molecule has 2 N–H and O–H groups in total. The summed E-state index contributed by atoms with van der Waals surface area (Å²) < 4.78 is 15.5. The normalized spacial score (nSPS) is 19.4. The minimum absolute atomic E-state index is 0.0482. The molecule has 0 radical (unpaired) electrons. The lowest BCUT2D eigenvalue weighted by Gasteiger charge is -2.25. The fraction of sp³-hybridized carbons (Fsp3) is 0.238. The van der Waals surface area contributed by atoms with Gasteiger partial charge in [-0.25, -0.2) is 9.37 Å².